The molecular formula is C18H15NOS. The van der Waals surface area contributed by atoms with Crippen LogP contribution < -0.4 is 0 Å². The molecule has 0 fully saturated rings. The number of aromatic nitrogens is 1. The Kier molecular flexibility index (Phi) is 3.67. The third kappa shape index (κ3) is 2.93. The highest BCUT2D eigenvalue weighted by molar-refractivity contribution is 7.18. The number of rotatable bonds is 3. The van der Waals surface area contributed by atoms with E-state index in [1.807, 2.05) is 30.5 Å². The van der Waals surface area contributed by atoms with Crippen molar-refractivity contribution in [3.63, 3.8) is 0 Å². The first kappa shape index (κ1) is 13.7. The van der Waals surface area contributed by atoms with E-state index in [1.54, 1.807) is 18.3 Å². The molecule has 0 bridgehead atoms. The van der Waals surface area contributed by atoms with Gasteiger partial charge in [0.25, 0.3) is 0 Å². The Hall–Kier alpha value is -2.26. The maximum Gasteiger partial charge on any atom is 0.159 e. The van der Waals surface area contributed by atoms with Crippen LogP contribution in [0.2, 0.25) is 0 Å². The minimum atomic E-state index is 0.0891. The number of aryl methyl sites for hydroxylation is 1. The molecule has 3 aromatic rings. The van der Waals surface area contributed by atoms with Crippen molar-refractivity contribution < 1.29 is 4.79 Å². The average Bonchev–Trinajstić information content (AvgIpc) is 2.98. The maximum absolute atomic E-state index is 11.3. The summed E-state index contributed by atoms with van der Waals surface area (Å²) >= 11 is 1.66. The lowest BCUT2D eigenvalue weighted by atomic mass is 10.1. The fraction of sp³-hybridized carbons (Fsp3) is 0.111. The zero-order valence-electron chi connectivity index (χ0n) is 12.0. The van der Waals surface area contributed by atoms with E-state index in [1.165, 1.54) is 5.56 Å². The van der Waals surface area contributed by atoms with E-state index in [-0.39, 0.29) is 5.78 Å². The van der Waals surface area contributed by atoms with Gasteiger partial charge in [0.2, 0.25) is 0 Å². The molecule has 3 heteroatoms. The van der Waals surface area contributed by atoms with E-state index in [0.717, 1.165) is 26.6 Å². The van der Waals surface area contributed by atoms with Crippen molar-refractivity contribution in [2.24, 2.45) is 0 Å². The zero-order valence-corrected chi connectivity index (χ0v) is 12.8. The number of nitrogens with zero attached hydrogens (tertiary/aromatic N) is 1. The van der Waals surface area contributed by atoms with E-state index in [9.17, 15) is 4.79 Å². The van der Waals surface area contributed by atoms with Crippen LogP contribution in [-0.2, 0) is 0 Å². The predicted molar refractivity (Wildman–Crippen MR) is 87.7 cm³/mol. The lowest BCUT2D eigenvalue weighted by molar-refractivity contribution is 0.101. The molecule has 0 radical (unpaired) electrons. The summed E-state index contributed by atoms with van der Waals surface area (Å²) in [5.41, 5.74) is 4.21. The standard InChI is InChI=1S/C18H15NOS/c1-12-3-5-16(6-4-12)18-19-11-17(21-18)15-9-7-14(8-10-15)13(2)20/h3-11H,1-2H3. The summed E-state index contributed by atoms with van der Waals surface area (Å²) in [6.45, 7) is 3.66. The topological polar surface area (TPSA) is 30.0 Å². The first-order chi connectivity index (χ1) is 10.1. The molecule has 0 aliphatic rings. The summed E-state index contributed by atoms with van der Waals surface area (Å²) in [6.07, 6.45) is 1.89. The number of ketones is 1. The van der Waals surface area contributed by atoms with Crippen molar-refractivity contribution >= 4 is 17.1 Å². The van der Waals surface area contributed by atoms with Gasteiger partial charge in [-0.2, -0.15) is 0 Å². The van der Waals surface area contributed by atoms with Gasteiger partial charge in [0.1, 0.15) is 5.01 Å². The molecule has 1 heterocycles. The molecule has 0 N–H and O–H groups in total. The summed E-state index contributed by atoms with van der Waals surface area (Å²) in [7, 11) is 0. The van der Waals surface area contributed by atoms with E-state index in [0.29, 0.717) is 0 Å². The third-order valence-electron chi connectivity index (χ3n) is 3.38. The number of carbonyl (C=O) groups excluding carboxylic acids is 1. The molecule has 0 atom stereocenters. The van der Waals surface area contributed by atoms with Gasteiger partial charge in [-0.1, -0.05) is 54.1 Å². The molecular weight excluding hydrogens is 278 g/mol. The lowest BCUT2D eigenvalue weighted by Crippen LogP contribution is -1.90. The summed E-state index contributed by atoms with van der Waals surface area (Å²) in [5.74, 6) is 0.0891. The third-order valence-corrected chi connectivity index (χ3v) is 4.48. The number of benzene rings is 2. The van der Waals surface area contributed by atoms with Crippen LogP contribution in [0.1, 0.15) is 22.8 Å². The zero-order chi connectivity index (χ0) is 14.8. The van der Waals surface area contributed by atoms with Gasteiger partial charge in [-0.25, -0.2) is 4.98 Å². The van der Waals surface area contributed by atoms with Crippen LogP contribution in [0.5, 0.6) is 0 Å². The van der Waals surface area contributed by atoms with Gasteiger partial charge in [-0.05, 0) is 19.4 Å². The number of Topliss-reactive ketones (excluding diaryl/α,β-unsaturated/α-hetero) is 1. The lowest BCUT2D eigenvalue weighted by Gasteiger charge is -1.99. The van der Waals surface area contributed by atoms with Gasteiger partial charge >= 0.3 is 0 Å². The molecule has 2 aromatic carbocycles. The van der Waals surface area contributed by atoms with Crippen LogP contribution in [0, 0.1) is 6.92 Å². The molecule has 0 aliphatic heterocycles. The van der Waals surface area contributed by atoms with Crippen molar-refractivity contribution in [1.29, 1.82) is 0 Å². The number of carbonyl (C=O) groups is 1. The number of hydrogen-bond donors (Lipinski definition) is 0. The monoisotopic (exact) mass is 293 g/mol. The highest BCUT2D eigenvalue weighted by Gasteiger charge is 2.07. The van der Waals surface area contributed by atoms with Crippen molar-refractivity contribution in [2.45, 2.75) is 13.8 Å². The molecule has 2 nitrogen and oxygen atoms in total. The first-order valence-corrected chi connectivity index (χ1v) is 7.59. The second-order valence-corrected chi connectivity index (χ2v) is 6.06. The SMILES string of the molecule is CC(=O)c1ccc(-c2cnc(-c3ccc(C)cc3)s2)cc1. The largest absolute Gasteiger partial charge is 0.295 e. The van der Waals surface area contributed by atoms with Crippen molar-refractivity contribution in [1.82, 2.24) is 4.98 Å². The highest BCUT2D eigenvalue weighted by Crippen LogP contribution is 2.32. The summed E-state index contributed by atoms with van der Waals surface area (Å²) in [5, 5.41) is 1.01. The van der Waals surface area contributed by atoms with Gasteiger partial charge in [-0.15, -0.1) is 11.3 Å². The molecule has 104 valence electrons. The Labute approximate surface area is 128 Å². The van der Waals surface area contributed by atoms with Crippen molar-refractivity contribution in [2.75, 3.05) is 0 Å². The molecule has 0 unspecified atom stereocenters. The molecule has 0 aliphatic carbocycles. The maximum atomic E-state index is 11.3. The second kappa shape index (κ2) is 5.62. The highest BCUT2D eigenvalue weighted by atomic mass is 32.1. The van der Waals surface area contributed by atoms with E-state index in [2.05, 4.69) is 36.2 Å². The minimum absolute atomic E-state index is 0.0891. The Bertz CT molecular complexity index is 770. The molecule has 0 saturated carbocycles. The normalized spacial score (nSPS) is 10.6. The van der Waals surface area contributed by atoms with E-state index >= 15 is 0 Å². The van der Waals surface area contributed by atoms with Crippen LogP contribution in [0.15, 0.2) is 54.7 Å². The van der Waals surface area contributed by atoms with Crippen molar-refractivity contribution in [3.05, 3.63) is 65.9 Å². The fourth-order valence-corrected chi connectivity index (χ4v) is 3.03. The van der Waals surface area contributed by atoms with Crippen LogP contribution in [0.25, 0.3) is 21.0 Å². The van der Waals surface area contributed by atoms with Crippen LogP contribution in [0.4, 0.5) is 0 Å². The average molecular weight is 293 g/mol. The molecule has 21 heavy (non-hydrogen) atoms. The predicted octanol–water partition coefficient (Wildman–Crippen LogP) is 4.99. The molecule has 0 saturated heterocycles. The smallest absolute Gasteiger partial charge is 0.159 e. The molecule has 1 aromatic heterocycles. The van der Waals surface area contributed by atoms with Crippen LogP contribution in [-0.4, -0.2) is 10.8 Å². The van der Waals surface area contributed by atoms with Gasteiger partial charge < -0.3 is 0 Å². The van der Waals surface area contributed by atoms with Crippen molar-refractivity contribution in [3.8, 4) is 21.0 Å². The fourth-order valence-electron chi connectivity index (χ4n) is 2.11. The van der Waals surface area contributed by atoms with Gasteiger partial charge in [0.05, 0.1) is 4.88 Å². The number of hydrogen-bond acceptors (Lipinski definition) is 3. The van der Waals surface area contributed by atoms with Gasteiger partial charge in [0.15, 0.2) is 5.78 Å². The van der Waals surface area contributed by atoms with Crippen LogP contribution >= 0.6 is 11.3 Å². The Balaban J connectivity index is 1.90. The Morgan fingerprint density at radius 3 is 2.19 bits per heavy atom. The molecule has 3 rings (SSSR count). The Morgan fingerprint density at radius 2 is 1.57 bits per heavy atom. The molecule has 0 spiro atoms. The van der Waals surface area contributed by atoms with Gasteiger partial charge in [-0.3, -0.25) is 4.79 Å². The van der Waals surface area contributed by atoms with E-state index in [4.69, 9.17) is 0 Å². The quantitative estimate of drug-likeness (QED) is 0.637. The summed E-state index contributed by atoms with van der Waals surface area (Å²) < 4.78 is 0. The molecule has 0 amide bonds. The second-order valence-electron chi connectivity index (χ2n) is 5.03. The minimum Gasteiger partial charge on any atom is -0.295 e. The van der Waals surface area contributed by atoms with Crippen LogP contribution in [0.3, 0.4) is 0 Å². The number of thiazole rings is 1. The first-order valence-electron chi connectivity index (χ1n) is 6.78. The Morgan fingerprint density at radius 1 is 0.952 bits per heavy atom. The summed E-state index contributed by atoms with van der Waals surface area (Å²) in [6, 6.07) is 16.1. The van der Waals surface area contributed by atoms with Gasteiger partial charge in [0, 0.05) is 17.3 Å². The van der Waals surface area contributed by atoms with E-state index < -0.39 is 0 Å². The summed E-state index contributed by atoms with van der Waals surface area (Å²) in [4.78, 5) is 16.9.